The molecule has 0 nitrogen and oxygen atoms in total. The number of benzene rings is 1. The third kappa shape index (κ3) is 2.42. The van der Waals surface area contributed by atoms with Crippen molar-refractivity contribution in [3.05, 3.63) is 112 Å². The molecule has 3 heteroatoms. The van der Waals surface area contributed by atoms with Crippen LogP contribution in [0.2, 0.25) is 0 Å². The molecule has 1 saturated carbocycles. The van der Waals surface area contributed by atoms with Crippen molar-refractivity contribution in [1.29, 1.82) is 0 Å². The summed E-state index contributed by atoms with van der Waals surface area (Å²) in [6.45, 7) is 0. The van der Waals surface area contributed by atoms with Crippen LogP contribution in [-0.4, -0.2) is 0 Å². The third-order valence-corrected chi connectivity index (χ3v) is 7.58. The molecule has 0 spiro atoms. The van der Waals surface area contributed by atoms with E-state index in [-0.39, 0.29) is 56.4 Å². The van der Waals surface area contributed by atoms with Gasteiger partial charge in [-0.15, -0.1) is 0 Å². The molecule has 142 valence electrons. The minimum atomic E-state index is 0. The van der Waals surface area contributed by atoms with E-state index in [4.69, 9.17) is 0 Å². The van der Waals surface area contributed by atoms with Gasteiger partial charge in [0.2, 0.25) is 0 Å². The molecule has 4 atom stereocenters. The fourth-order valence-corrected chi connectivity index (χ4v) is 6.69. The Kier molecular flexibility index (Phi) is 5.26. The minimum absolute atomic E-state index is 0. The molecule has 0 saturated heterocycles. The molecule has 0 N–H and O–H groups in total. The van der Waals surface area contributed by atoms with Crippen LogP contribution < -0.4 is 24.8 Å². The molecular formula is C26H20Cl2Zr. The first-order chi connectivity index (χ1) is 12.9. The largest absolute Gasteiger partial charge is 2.00 e. The van der Waals surface area contributed by atoms with E-state index in [1.807, 2.05) is 0 Å². The first-order valence-electron chi connectivity index (χ1n) is 9.87. The molecule has 0 aliphatic heterocycles. The number of fused-ring (bicyclic) bond motifs is 6. The SMILES string of the molecule is C1=CCC23C(=C1)C(CC1C2=Cc2ccccc21)C1=C3C=C2C=CC=CC21.[Cl-].[Cl-].[Zr+2]. The number of halogens is 2. The summed E-state index contributed by atoms with van der Waals surface area (Å²) in [4.78, 5) is 0. The predicted molar refractivity (Wildman–Crippen MR) is 106 cm³/mol. The summed E-state index contributed by atoms with van der Waals surface area (Å²) in [5, 5.41) is 0. The van der Waals surface area contributed by atoms with E-state index in [1.165, 1.54) is 17.6 Å². The molecule has 29 heavy (non-hydrogen) atoms. The molecule has 1 fully saturated rings. The Morgan fingerprint density at radius 3 is 2.66 bits per heavy atom. The van der Waals surface area contributed by atoms with Crippen LogP contribution in [0.3, 0.4) is 0 Å². The monoisotopic (exact) mass is 492 g/mol. The van der Waals surface area contributed by atoms with E-state index in [1.54, 1.807) is 27.9 Å². The maximum absolute atomic E-state index is 2.54. The second-order valence-corrected chi connectivity index (χ2v) is 8.46. The van der Waals surface area contributed by atoms with Gasteiger partial charge in [-0.1, -0.05) is 78.9 Å². The van der Waals surface area contributed by atoms with Gasteiger partial charge >= 0.3 is 26.2 Å². The molecule has 1 aromatic rings. The smallest absolute Gasteiger partial charge is 1.00 e. The minimum Gasteiger partial charge on any atom is -1.00 e. The number of rotatable bonds is 0. The molecule has 0 amide bonds. The zero-order valence-corrected chi connectivity index (χ0v) is 19.9. The van der Waals surface area contributed by atoms with E-state index < -0.39 is 0 Å². The van der Waals surface area contributed by atoms with Crippen molar-refractivity contribution < 1.29 is 51.0 Å². The third-order valence-electron chi connectivity index (χ3n) is 7.58. The van der Waals surface area contributed by atoms with E-state index in [2.05, 4.69) is 78.9 Å². The average Bonchev–Trinajstić information content (AvgIpc) is 3.31. The molecule has 0 heterocycles. The molecule has 1 aromatic carbocycles. The molecular weight excluding hydrogens is 474 g/mol. The molecule has 0 radical (unpaired) electrons. The van der Waals surface area contributed by atoms with Crippen LogP contribution in [0, 0.1) is 17.3 Å². The summed E-state index contributed by atoms with van der Waals surface area (Å²) in [5.41, 5.74) is 11.3. The second-order valence-electron chi connectivity index (χ2n) is 8.46. The maximum atomic E-state index is 2.54. The van der Waals surface area contributed by atoms with Crippen molar-refractivity contribution >= 4 is 6.08 Å². The van der Waals surface area contributed by atoms with Gasteiger partial charge in [-0.05, 0) is 51.8 Å². The Morgan fingerprint density at radius 1 is 0.897 bits per heavy atom. The van der Waals surface area contributed by atoms with Crippen LogP contribution in [-0.2, 0) is 26.2 Å². The molecule has 7 rings (SSSR count). The normalized spacial score (nSPS) is 33.0. The van der Waals surface area contributed by atoms with Crippen molar-refractivity contribution in [2.24, 2.45) is 17.3 Å². The zero-order chi connectivity index (χ0) is 16.9. The molecule has 6 aliphatic carbocycles. The van der Waals surface area contributed by atoms with E-state index >= 15 is 0 Å². The quantitative estimate of drug-likeness (QED) is 0.479. The molecule has 0 aromatic heterocycles. The number of hydrogen-bond acceptors (Lipinski definition) is 0. The van der Waals surface area contributed by atoms with Gasteiger partial charge in [0.05, 0.1) is 0 Å². The summed E-state index contributed by atoms with van der Waals surface area (Å²) in [7, 11) is 0. The van der Waals surface area contributed by atoms with Gasteiger partial charge < -0.3 is 24.8 Å². The van der Waals surface area contributed by atoms with Crippen molar-refractivity contribution in [2.75, 3.05) is 0 Å². The number of allylic oxidation sites excluding steroid dienone is 13. The Balaban J connectivity index is 0.000000683. The molecule has 4 unspecified atom stereocenters. The summed E-state index contributed by atoms with van der Waals surface area (Å²) in [5.74, 6) is 1.72. The van der Waals surface area contributed by atoms with Crippen LogP contribution in [0.4, 0.5) is 0 Å². The fourth-order valence-electron chi connectivity index (χ4n) is 6.69. The Hall–Kier alpha value is -1.14. The van der Waals surface area contributed by atoms with Crippen LogP contribution in [0.5, 0.6) is 0 Å². The van der Waals surface area contributed by atoms with E-state index in [0.717, 1.165) is 6.42 Å². The van der Waals surface area contributed by atoms with Gasteiger partial charge in [-0.2, -0.15) is 0 Å². The van der Waals surface area contributed by atoms with Gasteiger partial charge in [-0.3, -0.25) is 0 Å². The zero-order valence-electron chi connectivity index (χ0n) is 15.9. The first kappa shape index (κ1) is 21.1. The van der Waals surface area contributed by atoms with Gasteiger partial charge in [0.25, 0.3) is 0 Å². The van der Waals surface area contributed by atoms with Crippen LogP contribution in [0.15, 0.2) is 101 Å². The van der Waals surface area contributed by atoms with Gasteiger partial charge in [-0.25, -0.2) is 0 Å². The average molecular weight is 495 g/mol. The first-order valence-corrected chi connectivity index (χ1v) is 9.87. The topological polar surface area (TPSA) is 0 Å². The summed E-state index contributed by atoms with van der Waals surface area (Å²) in [6.07, 6.45) is 23.8. The fraction of sp³-hybridized carbons (Fsp3) is 0.231. The Bertz CT molecular complexity index is 1110. The van der Waals surface area contributed by atoms with Crippen LogP contribution in [0.25, 0.3) is 6.08 Å². The van der Waals surface area contributed by atoms with Gasteiger partial charge in [0, 0.05) is 23.2 Å². The van der Waals surface area contributed by atoms with Crippen molar-refractivity contribution in [3.8, 4) is 0 Å². The maximum Gasteiger partial charge on any atom is 2.00 e. The van der Waals surface area contributed by atoms with Crippen LogP contribution in [0.1, 0.15) is 29.9 Å². The summed E-state index contributed by atoms with van der Waals surface area (Å²) >= 11 is 0. The Morgan fingerprint density at radius 2 is 1.76 bits per heavy atom. The van der Waals surface area contributed by atoms with Crippen molar-refractivity contribution in [3.63, 3.8) is 0 Å². The predicted octanol–water partition coefficient (Wildman–Crippen LogP) is 0.0577. The van der Waals surface area contributed by atoms with Crippen molar-refractivity contribution in [2.45, 2.75) is 18.8 Å². The van der Waals surface area contributed by atoms with E-state index in [0.29, 0.717) is 17.8 Å². The Labute approximate surface area is 203 Å². The van der Waals surface area contributed by atoms with Gasteiger partial charge in [0.1, 0.15) is 0 Å². The summed E-state index contributed by atoms with van der Waals surface area (Å²) in [6, 6.07) is 9.07. The van der Waals surface area contributed by atoms with Crippen LogP contribution >= 0.6 is 0 Å². The summed E-state index contributed by atoms with van der Waals surface area (Å²) < 4.78 is 0. The molecule has 2 bridgehead atoms. The van der Waals surface area contributed by atoms with Crippen molar-refractivity contribution in [1.82, 2.24) is 0 Å². The standard InChI is InChI=1S/C26H20.2ClH.Zr/c1-3-9-18-16(7-1)13-23-20(18)15-21-22-11-5-6-12-26(22,23)24-14-17-8-2-4-10-19(17)25(21)24;;;/h1-11,13-14,19-21H,12,15H2;2*1H;/q;;;+2/p-2. The van der Waals surface area contributed by atoms with Gasteiger partial charge in [0.15, 0.2) is 0 Å². The second kappa shape index (κ2) is 7.23. The number of hydrogen-bond donors (Lipinski definition) is 0. The van der Waals surface area contributed by atoms with E-state index in [9.17, 15) is 0 Å². The molecule has 6 aliphatic rings.